The van der Waals surface area contributed by atoms with Crippen LogP contribution < -0.4 is 0 Å². The molecule has 0 aliphatic carbocycles. The first-order chi connectivity index (χ1) is 6.77. The highest BCUT2D eigenvalue weighted by Crippen LogP contribution is 2.22. The molecular formula is C13H19Cl. The molecule has 1 heteroatoms. The second kappa shape index (κ2) is 6.08. The Kier molecular flexibility index (Phi) is 5.03. The molecule has 0 bridgehead atoms. The van der Waals surface area contributed by atoms with Gasteiger partial charge >= 0.3 is 0 Å². The first kappa shape index (κ1) is 11.6. The molecule has 0 amide bonds. The van der Waals surface area contributed by atoms with Crippen molar-refractivity contribution in [2.45, 2.75) is 38.5 Å². The topological polar surface area (TPSA) is 0 Å². The van der Waals surface area contributed by atoms with Crippen molar-refractivity contribution in [3.63, 3.8) is 0 Å². The minimum Gasteiger partial charge on any atom is -0.122 e. The summed E-state index contributed by atoms with van der Waals surface area (Å²) >= 11 is 6.38. The number of halogens is 1. The summed E-state index contributed by atoms with van der Waals surface area (Å²) in [5.41, 5.74) is 1.35. The summed E-state index contributed by atoms with van der Waals surface area (Å²) < 4.78 is 0. The minimum atomic E-state index is 0.285. The van der Waals surface area contributed by atoms with Crippen LogP contribution in [0.4, 0.5) is 0 Å². The molecule has 0 heterocycles. The molecular weight excluding hydrogens is 192 g/mol. The van der Waals surface area contributed by atoms with Crippen LogP contribution in [-0.2, 0) is 6.42 Å². The largest absolute Gasteiger partial charge is 0.122 e. The van der Waals surface area contributed by atoms with Crippen LogP contribution >= 0.6 is 11.6 Å². The summed E-state index contributed by atoms with van der Waals surface area (Å²) in [6, 6.07) is 10.5. The van der Waals surface area contributed by atoms with Crippen LogP contribution in [0.25, 0.3) is 0 Å². The Labute approximate surface area is 92.3 Å². The Morgan fingerprint density at radius 2 is 1.64 bits per heavy atom. The van der Waals surface area contributed by atoms with Gasteiger partial charge in [-0.3, -0.25) is 0 Å². The molecule has 0 N–H and O–H groups in total. The van der Waals surface area contributed by atoms with Crippen molar-refractivity contribution in [3.8, 4) is 0 Å². The maximum atomic E-state index is 6.38. The number of rotatable bonds is 5. The van der Waals surface area contributed by atoms with E-state index in [1.807, 2.05) is 6.07 Å². The lowest BCUT2D eigenvalue weighted by Gasteiger charge is -2.18. The molecule has 0 nitrogen and oxygen atoms in total. The maximum Gasteiger partial charge on any atom is 0.0404 e. The predicted molar refractivity (Wildman–Crippen MR) is 63.9 cm³/mol. The van der Waals surface area contributed by atoms with Gasteiger partial charge in [0.1, 0.15) is 0 Å². The van der Waals surface area contributed by atoms with Gasteiger partial charge in [0, 0.05) is 5.38 Å². The zero-order chi connectivity index (χ0) is 10.4. The molecule has 14 heavy (non-hydrogen) atoms. The number of benzene rings is 1. The minimum absolute atomic E-state index is 0.285. The smallest absolute Gasteiger partial charge is 0.0404 e. The van der Waals surface area contributed by atoms with Crippen molar-refractivity contribution in [2.24, 2.45) is 5.92 Å². The first-order valence-corrected chi connectivity index (χ1v) is 5.89. The molecule has 0 aromatic heterocycles. The van der Waals surface area contributed by atoms with Gasteiger partial charge in [-0.2, -0.15) is 0 Å². The van der Waals surface area contributed by atoms with E-state index in [2.05, 4.69) is 38.1 Å². The van der Waals surface area contributed by atoms with Gasteiger partial charge in [0.25, 0.3) is 0 Å². The lowest BCUT2D eigenvalue weighted by atomic mass is 9.94. The van der Waals surface area contributed by atoms with Gasteiger partial charge in [-0.15, -0.1) is 11.6 Å². The quantitative estimate of drug-likeness (QED) is 0.637. The molecule has 0 aliphatic rings. The highest BCUT2D eigenvalue weighted by atomic mass is 35.5. The van der Waals surface area contributed by atoms with E-state index in [1.54, 1.807) is 0 Å². The normalized spacial score (nSPS) is 13.1. The average molecular weight is 211 g/mol. The van der Waals surface area contributed by atoms with E-state index in [-0.39, 0.29) is 5.38 Å². The molecule has 1 unspecified atom stereocenters. The van der Waals surface area contributed by atoms with Crippen molar-refractivity contribution in [1.29, 1.82) is 0 Å². The third-order valence-corrected chi connectivity index (χ3v) is 3.34. The predicted octanol–water partition coefficient (Wildman–Crippen LogP) is 4.27. The van der Waals surface area contributed by atoms with Gasteiger partial charge in [-0.1, -0.05) is 57.0 Å². The third kappa shape index (κ3) is 3.34. The van der Waals surface area contributed by atoms with Gasteiger partial charge in [0.15, 0.2) is 0 Å². The van der Waals surface area contributed by atoms with Gasteiger partial charge in [0.2, 0.25) is 0 Å². The highest BCUT2D eigenvalue weighted by molar-refractivity contribution is 6.20. The van der Waals surface area contributed by atoms with Gasteiger partial charge in [-0.05, 0) is 17.9 Å². The van der Waals surface area contributed by atoms with Gasteiger partial charge in [0.05, 0.1) is 0 Å². The Morgan fingerprint density at radius 1 is 1.07 bits per heavy atom. The Bertz CT molecular complexity index is 239. The maximum absolute atomic E-state index is 6.38. The van der Waals surface area contributed by atoms with E-state index < -0.39 is 0 Å². The lowest BCUT2D eigenvalue weighted by molar-refractivity contribution is 0.464. The summed E-state index contributed by atoms with van der Waals surface area (Å²) in [5.74, 6) is 0.650. The second-order valence-electron chi connectivity index (χ2n) is 3.78. The van der Waals surface area contributed by atoms with Crippen LogP contribution in [0, 0.1) is 5.92 Å². The first-order valence-electron chi connectivity index (χ1n) is 5.45. The zero-order valence-corrected chi connectivity index (χ0v) is 9.80. The molecule has 0 saturated carbocycles. The van der Waals surface area contributed by atoms with E-state index in [1.165, 1.54) is 18.4 Å². The fraction of sp³-hybridized carbons (Fsp3) is 0.538. The van der Waals surface area contributed by atoms with E-state index in [0.717, 1.165) is 6.42 Å². The summed E-state index contributed by atoms with van der Waals surface area (Å²) in [6.45, 7) is 4.43. The fourth-order valence-electron chi connectivity index (χ4n) is 1.81. The average Bonchev–Trinajstić information content (AvgIpc) is 2.21. The van der Waals surface area contributed by atoms with Crippen molar-refractivity contribution in [1.82, 2.24) is 0 Å². The molecule has 1 atom stereocenters. The van der Waals surface area contributed by atoms with Crippen LogP contribution in [0.3, 0.4) is 0 Å². The summed E-state index contributed by atoms with van der Waals surface area (Å²) in [7, 11) is 0. The van der Waals surface area contributed by atoms with E-state index in [0.29, 0.717) is 5.92 Å². The lowest BCUT2D eigenvalue weighted by Crippen LogP contribution is -2.15. The molecule has 1 aromatic carbocycles. The zero-order valence-electron chi connectivity index (χ0n) is 9.04. The van der Waals surface area contributed by atoms with Crippen molar-refractivity contribution in [2.75, 3.05) is 0 Å². The van der Waals surface area contributed by atoms with Crippen molar-refractivity contribution >= 4 is 11.6 Å². The molecule has 0 radical (unpaired) electrons. The van der Waals surface area contributed by atoms with Crippen molar-refractivity contribution < 1.29 is 0 Å². The molecule has 0 fully saturated rings. The highest BCUT2D eigenvalue weighted by Gasteiger charge is 2.15. The van der Waals surface area contributed by atoms with E-state index in [4.69, 9.17) is 11.6 Å². The van der Waals surface area contributed by atoms with Crippen LogP contribution in [-0.4, -0.2) is 5.38 Å². The van der Waals surface area contributed by atoms with Crippen LogP contribution in [0.2, 0.25) is 0 Å². The summed E-state index contributed by atoms with van der Waals surface area (Å²) in [4.78, 5) is 0. The number of hydrogen-bond donors (Lipinski definition) is 0. The van der Waals surface area contributed by atoms with Gasteiger partial charge in [-0.25, -0.2) is 0 Å². The Morgan fingerprint density at radius 3 is 2.14 bits per heavy atom. The molecule has 1 aromatic rings. The van der Waals surface area contributed by atoms with Crippen LogP contribution in [0.5, 0.6) is 0 Å². The molecule has 78 valence electrons. The van der Waals surface area contributed by atoms with E-state index in [9.17, 15) is 0 Å². The molecule has 1 rings (SSSR count). The Hall–Kier alpha value is -0.490. The van der Waals surface area contributed by atoms with Crippen LogP contribution in [0.15, 0.2) is 30.3 Å². The molecule has 0 aliphatic heterocycles. The fourth-order valence-corrected chi connectivity index (χ4v) is 2.34. The standard InChI is InChI=1S/C13H19Cl/c1-3-12(4-2)13(14)10-11-8-6-5-7-9-11/h5-9,12-13H,3-4,10H2,1-2H3. The SMILES string of the molecule is CCC(CC)C(Cl)Cc1ccccc1. The van der Waals surface area contributed by atoms with Crippen molar-refractivity contribution in [3.05, 3.63) is 35.9 Å². The van der Waals surface area contributed by atoms with Crippen LogP contribution in [0.1, 0.15) is 32.3 Å². The summed E-state index contributed by atoms with van der Waals surface area (Å²) in [5, 5.41) is 0.285. The Balaban J connectivity index is 2.52. The van der Waals surface area contributed by atoms with E-state index >= 15 is 0 Å². The monoisotopic (exact) mass is 210 g/mol. The second-order valence-corrected chi connectivity index (χ2v) is 4.34. The molecule has 0 spiro atoms. The third-order valence-electron chi connectivity index (χ3n) is 2.83. The summed E-state index contributed by atoms with van der Waals surface area (Å²) in [6.07, 6.45) is 3.35. The number of alkyl halides is 1. The van der Waals surface area contributed by atoms with Gasteiger partial charge < -0.3 is 0 Å². The molecule has 0 saturated heterocycles. The number of hydrogen-bond acceptors (Lipinski definition) is 0.